The maximum atomic E-state index is 12.4. The molecule has 0 bridgehead atoms. The fourth-order valence-electron chi connectivity index (χ4n) is 3.46. The first kappa shape index (κ1) is 18.7. The number of hydrogen-bond acceptors (Lipinski definition) is 5. The first-order valence-electron chi connectivity index (χ1n) is 9.22. The van der Waals surface area contributed by atoms with Crippen LogP contribution in [0.1, 0.15) is 52.7 Å². The van der Waals surface area contributed by atoms with E-state index in [1.54, 1.807) is 11.8 Å². The van der Waals surface area contributed by atoms with Gasteiger partial charge in [-0.3, -0.25) is 20.4 Å². The van der Waals surface area contributed by atoms with Crippen LogP contribution in [0.4, 0.5) is 4.79 Å². The number of piperidine rings is 1. The summed E-state index contributed by atoms with van der Waals surface area (Å²) in [5.74, 6) is -0.894. The van der Waals surface area contributed by atoms with E-state index in [-0.39, 0.29) is 17.7 Å². The highest BCUT2D eigenvalue weighted by molar-refractivity contribution is 7.14. The molecule has 1 atom stereocenters. The van der Waals surface area contributed by atoms with E-state index in [1.807, 2.05) is 6.07 Å². The molecule has 7 nitrogen and oxygen atoms in total. The molecular weight excluding hydrogens is 354 g/mol. The number of fused-ring (bicyclic) bond motifs is 1. The lowest BCUT2D eigenvalue weighted by Gasteiger charge is -2.31. The number of carbonyl (C=O) groups excluding carboxylic acids is 3. The van der Waals surface area contributed by atoms with Crippen LogP contribution in [0, 0.1) is 5.92 Å². The van der Waals surface area contributed by atoms with E-state index >= 15 is 0 Å². The number of nitrogens with zero attached hydrogens (tertiary/aromatic N) is 1. The van der Waals surface area contributed by atoms with E-state index in [9.17, 15) is 14.4 Å². The van der Waals surface area contributed by atoms with Gasteiger partial charge in [0, 0.05) is 18.0 Å². The van der Waals surface area contributed by atoms with Gasteiger partial charge in [0.1, 0.15) is 0 Å². The summed E-state index contributed by atoms with van der Waals surface area (Å²) < 4.78 is 4.99. The van der Waals surface area contributed by atoms with Crippen molar-refractivity contribution in [3.63, 3.8) is 0 Å². The molecule has 1 aromatic rings. The molecule has 0 spiro atoms. The number of carbonyl (C=O) groups is 3. The van der Waals surface area contributed by atoms with Gasteiger partial charge in [-0.25, -0.2) is 4.79 Å². The van der Waals surface area contributed by atoms with Crippen LogP contribution in [0.15, 0.2) is 6.07 Å². The average molecular weight is 379 g/mol. The molecule has 0 aromatic carbocycles. The van der Waals surface area contributed by atoms with E-state index in [0.717, 1.165) is 19.3 Å². The maximum absolute atomic E-state index is 12.4. The van der Waals surface area contributed by atoms with Crippen molar-refractivity contribution in [3.8, 4) is 0 Å². The molecular formula is C18H25N3O4S. The molecule has 0 radical (unpaired) electrons. The summed E-state index contributed by atoms with van der Waals surface area (Å²) in [7, 11) is 0. The fourth-order valence-corrected chi connectivity index (χ4v) is 4.61. The predicted octanol–water partition coefficient (Wildman–Crippen LogP) is 2.26. The van der Waals surface area contributed by atoms with Crippen LogP contribution in [0.3, 0.4) is 0 Å². The number of amides is 3. The highest BCUT2D eigenvalue weighted by atomic mass is 32.1. The number of rotatable bonds is 3. The summed E-state index contributed by atoms with van der Waals surface area (Å²) in [6, 6.07) is 1.93. The van der Waals surface area contributed by atoms with Crippen molar-refractivity contribution >= 4 is 29.2 Å². The maximum Gasteiger partial charge on any atom is 0.409 e. The van der Waals surface area contributed by atoms with Gasteiger partial charge >= 0.3 is 6.09 Å². The quantitative estimate of drug-likeness (QED) is 0.789. The Morgan fingerprint density at radius 3 is 2.81 bits per heavy atom. The minimum absolute atomic E-state index is 0.270. The second-order valence-electron chi connectivity index (χ2n) is 6.69. The molecule has 0 saturated carbocycles. The van der Waals surface area contributed by atoms with Gasteiger partial charge < -0.3 is 9.64 Å². The second kappa shape index (κ2) is 8.53. The first-order chi connectivity index (χ1) is 12.6. The smallest absolute Gasteiger partial charge is 0.409 e. The van der Waals surface area contributed by atoms with Crippen molar-refractivity contribution in [1.82, 2.24) is 15.8 Å². The van der Waals surface area contributed by atoms with Gasteiger partial charge in [-0.2, -0.15) is 0 Å². The highest BCUT2D eigenvalue weighted by Crippen LogP contribution is 2.29. The average Bonchev–Trinajstić information content (AvgIpc) is 3.10. The molecule has 2 aliphatic rings. The van der Waals surface area contributed by atoms with Crippen LogP contribution < -0.4 is 10.9 Å². The van der Waals surface area contributed by atoms with E-state index < -0.39 is 6.09 Å². The molecule has 0 unspecified atom stereocenters. The lowest BCUT2D eigenvalue weighted by atomic mass is 9.98. The fraction of sp³-hybridized carbons (Fsp3) is 0.611. The van der Waals surface area contributed by atoms with E-state index in [1.165, 1.54) is 34.6 Å². The van der Waals surface area contributed by atoms with Crippen molar-refractivity contribution in [2.45, 2.75) is 45.4 Å². The molecule has 2 N–H and O–H groups in total. The number of aryl methyl sites for hydroxylation is 2. The molecule has 3 rings (SSSR count). The van der Waals surface area contributed by atoms with E-state index in [4.69, 9.17) is 4.74 Å². The zero-order valence-corrected chi connectivity index (χ0v) is 15.8. The van der Waals surface area contributed by atoms with Crippen LogP contribution in [-0.2, 0) is 22.4 Å². The third-order valence-corrected chi connectivity index (χ3v) is 6.07. The Labute approximate surface area is 157 Å². The Morgan fingerprint density at radius 2 is 2.04 bits per heavy atom. The number of hydrogen-bond donors (Lipinski definition) is 2. The SMILES string of the molecule is CCOC(=O)N1CCC[C@@H](C(=O)NNC(=O)c2cc3c(s2)CCCC3)C1. The third kappa shape index (κ3) is 4.35. The summed E-state index contributed by atoms with van der Waals surface area (Å²) in [5, 5.41) is 0. The van der Waals surface area contributed by atoms with Crippen molar-refractivity contribution < 1.29 is 19.1 Å². The Kier molecular flexibility index (Phi) is 6.13. The normalized spacial score (nSPS) is 19.4. The minimum atomic E-state index is -0.391. The van der Waals surface area contributed by atoms with Gasteiger partial charge in [0.2, 0.25) is 5.91 Å². The Morgan fingerprint density at radius 1 is 1.23 bits per heavy atom. The first-order valence-corrected chi connectivity index (χ1v) is 10.0. The van der Waals surface area contributed by atoms with Gasteiger partial charge in [0.05, 0.1) is 17.4 Å². The Balaban J connectivity index is 1.50. The zero-order valence-electron chi connectivity index (χ0n) is 15.0. The van der Waals surface area contributed by atoms with Crippen LogP contribution in [-0.4, -0.2) is 42.5 Å². The van der Waals surface area contributed by atoms with E-state index in [0.29, 0.717) is 31.0 Å². The largest absolute Gasteiger partial charge is 0.450 e. The number of likely N-dealkylation sites (tertiary alicyclic amines) is 1. The van der Waals surface area contributed by atoms with Crippen LogP contribution in [0.2, 0.25) is 0 Å². The summed E-state index contributed by atoms with van der Waals surface area (Å²) in [5.41, 5.74) is 6.28. The summed E-state index contributed by atoms with van der Waals surface area (Å²) in [4.78, 5) is 39.9. The lowest BCUT2D eigenvalue weighted by Crippen LogP contribution is -2.50. The molecule has 1 aliphatic carbocycles. The molecule has 1 saturated heterocycles. The standard InChI is InChI=1S/C18H25N3O4S/c1-2-25-18(24)21-9-5-7-13(11-21)16(22)19-20-17(23)15-10-12-6-3-4-8-14(12)26-15/h10,13H,2-9,11H2,1H3,(H,19,22)(H,20,23)/t13-/m1/s1. The molecule has 1 aliphatic heterocycles. The summed E-state index contributed by atoms with van der Waals surface area (Å²) >= 11 is 1.51. The zero-order chi connectivity index (χ0) is 18.5. The monoisotopic (exact) mass is 379 g/mol. The number of hydrazine groups is 1. The Hall–Kier alpha value is -2.09. The van der Waals surface area contributed by atoms with Crippen LogP contribution in [0.5, 0.6) is 0 Å². The lowest BCUT2D eigenvalue weighted by molar-refractivity contribution is -0.127. The van der Waals surface area contributed by atoms with Crippen LogP contribution >= 0.6 is 11.3 Å². The second-order valence-corrected chi connectivity index (χ2v) is 7.83. The molecule has 8 heteroatoms. The molecule has 1 aromatic heterocycles. The molecule has 2 heterocycles. The van der Waals surface area contributed by atoms with E-state index in [2.05, 4.69) is 10.9 Å². The predicted molar refractivity (Wildman–Crippen MR) is 97.9 cm³/mol. The van der Waals surface area contributed by atoms with Gasteiger partial charge in [-0.1, -0.05) is 0 Å². The van der Waals surface area contributed by atoms with Gasteiger partial charge in [-0.15, -0.1) is 11.3 Å². The highest BCUT2D eigenvalue weighted by Gasteiger charge is 2.29. The third-order valence-electron chi connectivity index (χ3n) is 4.84. The Bertz CT molecular complexity index is 664. The number of thiophene rings is 1. The van der Waals surface area contributed by atoms with Gasteiger partial charge in [0.15, 0.2) is 0 Å². The van der Waals surface area contributed by atoms with Crippen molar-refractivity contribution in [3.05, 3.63) is 21.4 Å². The van der Waals surface area contributed by atoms with Crippen LogP contribution in [0.25, 0.3) is 0 Å². The topological polar surface area (TPSA) is 87.7 Å². The minimum Gasteiger partial charge on any atom is -0.450 e. The number of nitrogens with one attached hydrogen (secondary N) is 2. The molecule has 3 amide bonds. The molecule has 142 valence electrons. The van der Waals surface area contributed by atoms with Crippen molar-refractivity contribution in [2.24, 2.45) is 5.92 Å². The number of ether oxygens (including phenoxy) is 1. The van der Waals surface area contributed by atoms with Gasteiger partial charge in [-0.05, 0) is 57.1 Å². The van der Waals surface area contributed by atoms with Crippen molar-refractivity contribution in [1.29, 1.82) is 0 Å². The molecule has 26 heavy (non-hydrogen) atoms. The summed E-state index contributed by atoms with van der Waals surface area (Å²) in [6.07, 6.45) is 5.43. The summed E-state index contributed by atoms with van der Waals surface area (Å²) in [6.45, 7) is 2.97. The van der Waals surface area contributed by atoms with Crippen molar-refractivity contribution in [2.75, 3.05) is 19.7 Å². The molecule has 1 fully saturated rings. The van der Waals surface area contributed by atoms with Gasteiger partial charge in [0.25, 0.3) is 5.91 Å².